The lowest BCUT2D eigenvalue weighted by molar-refractivity contribution is 0.241. The van der Waals surface area contributed by atoms with Crippen molar-refractivity contribution in [1.29, 1.82) is 0 Å². The lowest BCUT2D eigenvalue weighted by Crippen LogP contribution is -2.18. The van der Waals surface area contributed by atoms with Gasteiger partial charge in [-0.2, -0.15) is 0 Å². The van der Waals surface area contributed by atoms with E-state index >= 15 is 0 Å². The lowest BCUT2D eigenvalue weighted by atomic mass is 9.88. The second-order valence-electron chi connectivity index (χ2n) is 6.52. The smallest absolute Gasteiger partial charge is 0.119 e. The molecule has 29 heavy (non-hydrogen) atoms. The van der Waals surface area contributed by atoms with Gasteiger partial charge in [-0.05, 0) is 46.4 Å². The molecule has 0 saturated carbocycles. The minimum atomic E-state index is -2.57. The van der Waals surface area contributed by atoms with E-state index < -0.39 is 6.98 Å². The van der Waals surface area contributed by atoms with E-state index in [-0.39, 0.29) is 13.2 Å². The van der Waals surface area contributed by atoms with Crippen LogP contribution in [0.25, 0.3) is 11.1 Å². The summed E-state index contributed by atoms with van der Waals surface area (Å²) in [4.78, 5) is 10.7. The standard InChI is InChI=1S/C25H26N2O2/c1-3-24(20-10-6-4-7-11-20)25(21-12-8-5-9-13-21)22-14-16-23(17-15-22)29-19-18-27(2)26-28/h4-17H,3,18-19H2,1-2H3/b25-24-/i2D3. The molecule has 0 atom stereocenters. The molecule has 0 aliphatic carbocycles. The molecular weight excluding hydrogens is 360 g/mol. The van der Waals surface area contributed by atoms with Crippen LogP contribution in [0.2, 0.25) is 0 Å². The predicted octanol–water partition coefficient (Wildman–Crippen LogP) is 6.05. The topological polar surface area (TPSA) is 41.9 Å². The molecule has 3 aromatic carbocycles. The number of hydrogen-bond acceptors (Lipinski definition) is 3. The van der Waals surface area contributed by atoms with Crippen LogP contribution >= 0.6 is 0 Å². The first-order chi connectivity index (χ1) is 15.4. The quantitative estimate of drug-likeness (QED) is 0.254. The van der Waals surface area contributed by atoms with Crippen LogP contribution in [0.1, 0.15) is 34.1 Å². The summed E-state index contributed by atoms with van der Waals surface area (Å²) >= 11 is 0. The van der Waals surface area contributed by atoms with Crippen LogP contribution in [-0.4, -0.2) is 25.1 Å². The fourth-order valence-electron chi connectivity index (χ4n) is 3.29. The Hall–Kier alpha value is -3.40. The average Bonchev–Trinajstić information content (AvgIpc) is 2.81. The fraction of sp³-hybridized carbons (Fsp3) is 0.200. The largest absolute Gasteiger partial charge is 0.492 e. The second kappa shape index (κ2) is 10.2. The van der Waals surface area contributed by atoms with Crippen molar-refractivity contribution in [3.8, 4) is 5.75 Å². The molecule has 3 rings (SSSR count). The van der Waals surface area contributed by atoms with Crippen molar-refractivity contribution in [1.82, 2.24) is 5.01 Å². The van der Waals surface area contributed by atoms with Gasteiger partial charge in [0.05, 0.1) is 11.8 Å². The molecule has 0 saturated heterocycles. The zero-order valence-corrected chi connectivity index (χ0v) is 16.4. The normalized spacial score (nSPS) is 13.5. The highest BCUT2D eigenvalue weighted by atomic mass is 16.5. The molecule has 0 aliphatic heterocycles. The molecule has 4 heteroatoms. The van der Waals surface area contributed by atoms with Gasteiger partial charge in [0.15, 0.2) is 0 Å². The van der Waals surface area contributed by atoms with Gasteiger partial charge in [-0.3, -0.25) is 5.01 Å². The molecule has 0 aliphatic rings. The Morgan fingerprint density at radius 2 is 1.48 bits per heavy atom. The Bertz CT molecular complexity index is 1030. The maximum absolute atomic E-state index is 10.7. The van der Waals surface area contributed by atoms with E-state index in [1.54, 1.807) is 0 Å². The van der Waals surface area contributed by atoms with Gasteiger partial charge < -0.3 is 4.74 Å². The van der Waals surface area contributed by atoms with Crippen molar-refractivity contribution >= 4 is 11.1 Å². The lowest BCUT2D eigenvalue weighted by Gasteiger charge is -2.17. The van der Waals surface area contributed by atoms with E-state index in [1.165, 1.54) is 11.1 Å². The molecule has 4 nitrogen and oxygen atoms in total. The number of hydrogen-bond donors (Lipinski definition) is 0. The minimum absolute atomic E-state index is 0.0368. The number of allylic oxidation sites excluding steroid dienone is 1. The highest BCUT2D eigenvalue weighted by Gasteiger charge is 2.13. The third-order valence-electron chi connectivity index (χ3n) is 4.65. The Morgan fingerprint density at radius 1 is 0.897 bits per heavy atom. The molecule has 0 fully saturated rings. The summed E-state index contributed by atoms with van der Waals surface area (Å²) in [6.45, 7) is -0.501. The van der Waals surface area contributed by atoms with E-state index in [1.807, 2.05) is 60.7 Å². The van der Waals surface area contributed by atoms with Gasteiger partial charge in [0.25, 0.3) is 0 Å². The summed E-state index contributed by atoms with van der Waals surface area (Å²) in [5, 5.41) is 3.06. The van der Waals surface area contributed by atoms with Gasteiger partial charge in [-0.15, -0.1) is 4.91 Å². The molecule has 0 radical (unpaired) electrons. The Morgan fingerprint density at radius 3 is 2.03 bits per heavy atom. The van der Waals surface area contributed by atoms with E-state index in [0.717, 1.165) is 23.1 Å². The van der Waals surface area contributed by atoms with Crippen LogP contribution in [0.3, 0.4) is 0 Å². The maximum Gasteiger partial charge on any atom is 0.119 e. The van der Waals surface area contributed by atoms with Gasteiger partial charge in [0, 0.05) is 11.1 Å². The summed E-state index contributed by atoms with van der Waals surface area (Å²) in [5.41, 5.74) is 5.77. The van der Waals surface area contributed by atoms with Crippen molar-refractivity contribution in [2.45, 2.75) is 13.3 Å². The van der Waals surface area contributed by atoms with E-state index in [9.17, 15) is 4.91 Å². The van der Waals surface area contributed by atoms with Crippen molar-refractivity contribution in [2.24, 2.45) is 5.29 Å². The molecule has 3 aromatic rings. The molecular formula is C25H26N2O2. The van der Waals surface area contributed by atoms with Gasteiger partial charge >= 0.3 is 0 Å². The number of benzene rings is 3. The highest BCUT2D eigenvalue weighted by Crippen LogP contribution is 2.34. The summed E-state index contributed by atoms with van der Waals surface area (Å²) < 4.78 is 27.4. The number of nitroso groups, excluding NO2 is 1. The van der Waals surface area contributed by atoms with Crippen LogP contribution in [0.4, 0.5) is 0 Å². The first kappa shape index (κ1) is 16.5. The van der Waals surface area contributed by atoms with Gasteiger partial charge in [-0.25, -0.2) is 0 Å². The Kier molecular flexibility index (Phi) is 5.84. The van der Waals surface area contributed by atoms with Gasteiger partial charge in [0.2, 0.25) is 0 Å². The number of ether oxygens (including phenoxy) is 1. The summed E-state index contributed by atoms with van der Waals surface area (Å²) in [6.07, 6.45) is 0.871. The maximum atomic E-state index is 10.7. The van der Waals surface area contributed by atoms with Gasteiger partial charge in [-0.1, -0.05) is 79.7 Å². The van der Waals surface area contributed by atoms with E-state index in [0.29, 0.717) is 10.8 Å². The monoisotopic (exact) mass is 389 g/mol. The van der Waals surface area contributed by atoms with Crippen molar-refractivity contribution in [3.05, 3.63) is 107 Å². The zero-order chi connectivity index (χ0) is 23.0. The predicted molar refractivity (Wildman–Crippen MR) is 119 cm³/mol. The van der Waals surface area contributed by atoms with Crippen molar-refractivity contribution in [3.63, 3.8) is 0 Å². The molecule has 148 valence electrons. The van der Waals surface area contributed by atoms with Crippen molar-refractivity contribution < 1.29 is 8.85 Å². The van der Waals surface area contributed by atoms with Gasteiger partial charge in [0.1, 0.15) is 12.4 Å². The zero-order valence-electron chi connectivity index (χ0n) is 19.4. The molecule has 0 N–H and O–H groups in total. The van der Waals surface area contributed by atoms with E-state index in [2.05, 4.69) is 36.5 Å². The Labute approximate surface area is 176 Å². The number of rotatable bonds is 9. The van der Waals surface area contributed by atoms with Crippen LogP contribution < -0.4 is 4.74 Å². The molecule has 0 unspecified atom stereocenters. The second-order valence-corrected chi connectivity index (χ2v) is 6.52. The third kappa shape index (κ3) is 5.32. The molecule has 0 heterocycles. The molecule has 0 amide bonds. The number of nitrogens with zero attached hydrogens (tertiary/aromatic N) is 2. The third-order valence-corrected chi connectivity index (χ3v) is 4.65. The highest BCUT2D eigenvalue weighted by molar-refractivity contribution is 5.98. The van der Waals surface area contributed by atoms with Crippen LogP contribution in [-0.2, 0) is 0 Å². The summed E-state index contributed by atoms with van der Waals surface area (Å²) in [5.74, 6) is 0.593. The van der Waals surface area contributed by atoms with Crippen LogP contribution in [0, 0.1) is 4.91 Å². The first-order valence-corrected chi connectivity index (χ1v) is 9.62. The molecule has 0 spiro atoms. The SMILES string of the molecule is [2H]C([2H])([2H])N(CCOc1ccc(/C(=C(/CC)c2ccccc2)c2ccccc2)cc1)N=O. The van der Waals surface area contributed by atoms with Crippen molar-refractivity contribution in [2.75, 3.05) is 20.1 Å². The minimum Gasteiger partial charge on any atom is -0.492 e. The molecule has 0 aromatic heterocycles. The summed E-state index contributed by atoms with van der Waals surface area (Å²) in [7, 11) is 0. The first-order valence-electron chi connectivity index (χ1n) is 11.1. The number of likely N-dealkylation sites (N-methyl/N-ethyl adjacent to an activating group) is 1. The summed E-state index contributed by atoms with van der Waals surface area (Å²) in [6, 6.07) is 28.3. The molecule has 0 bridgehead atoms. The fourth-order valence-corrected chi connectivity index (χ4v) is 3.29. The Balaban J connectivity index is 1.87. The van der Waals surface area contributed by atoms with Crippen LogP contribution in [0.15, 0.2) is 90.2 Å². The van der Waals surface area contributed by atoms with E-state index in [4.69, 9.17) is 8.85 Å². The average molecular weight is 390 g/mol. The van der Waals surface area contributed by atoms with Crippen LogP contribution in [0.5, 0.6) is 5.75 Å².